The molecule has 0 amide bonds. The number of rotatable bonds is 4. The van der Waals surface area contributed by atoms with Crippen LogP contribution in [0.2, 0.25) is 0 Å². The van der Waals surface area contributed by atoms with Crippen LogP contribution in [-0.2, 0) is 0 Å². The molecule has 0 radical (unpaired) electrons. The molecule has 0 atom stereocenters. The van der Waals surface area contributed by atoms with Gasteiger partial charge in [-0.2, -0.15) is 4.98 Å². The lowest BCUT2D eigenvalue weighted by molar-refractivity contribution is 0.174. The largest absolute Gasteiger partial charge is 0.454 e. The smallest absolute Gasteiger partial charge is 0.231 e. The molecule has 0 saturated carbocycles. The van der Waals surface area contributed by atoms with Crippen molar-refractivity contribution in [3.8, 4) is 11.5 Å². The van der Waals surface area contributed by atoms with E-state index in [2.05, 4.69) is 20.6 Å². The van der Waals surface area contributed by atoms with E-state index in [1.54, 1.807) is 12.1 Å². The zero-order valence-corrected chi connectivity index (χ0v) is 13.7. The molecule has 8 heteroatoms. The lowest BCUT2D eigenvalue weighted by Crippen LogP contribution is -2.03. The van der Waals surface area contributed by atoms with Gasteiger partial charge in [0, 0.05) is 35.3 Å². The van der Waals surface area contributed by atoms with E-state index in [1.165, 1.54) is 6.07 Å². The fourth-order valence-corrected chi connectivity index (χ4v) is 2.51. The molecule has 1 aliphatic heterocycles. The number of aromatic nitrogens is 2. The van der Waals surface area contributed by atoms with Crippen molar-refractivity contribution in [3.63, 3.8) is 0 Å². The first-order valence-corrected chi connectivity index (χ1v) is 7.81. The number of benzene rings is 2. The second kappa shape index (κ2) is 6.47. The fraction of sp³-hybridized carbons (Fsp3) is 0.111. The van der Waals surface area contributed by atoms with E-state index in [1.807, 2.05) is 19.1 Å². The van der Waals surface area contributed by atoms with E-state index in [9.17, 15) is 8.78 Å². The Morgan fingerprint density at radius 2 is 1.62 bits per heavy atom. The molecule has 6 nitrogen and oxygen atoms in total. The van der Waals surface area contributed by atoms with Crippen molar-refractivity contribution in [2.24, 2.45) is 0 Å². The van der Waals surface area contributed by atoms with E-state index in [-0.39, 0.29) is 12.7 Å². The highest BCUT2D eigenvalue weighted by molar-refractivity contribution is 5.63. The average molecular weight is 356 g/mol. The third kappa shape index (κ3) is 3.34. The molecular weight excluding hydrogens is 342 g/mol. The number of aryl methyl sites for hydroxylation is 1. The molecular formula is C18H14F2N4O2. The van der Waals surface area contributed by atoms with Gasteiger partial charge < -0.3 is 20.1 Å². The number of nitrogens with zero attached hydrogens (tertiary/aromatic N) is 2. The van der Waals surface area contributed by atoms with Crippen molar-refractivity contribution in [3.05, 3.63) is 59.8 Å². The van der Waals surface area contributed by atoms with Gasteiger partial charge >= 0.3 is 0 Å². The highest BCUT2D eigenvalue weighted by atomic mass is 19.2. The van der Waals surface area contributed by atoms with E-state index in [0.29, 0.717) is 28.7 Å². The highest BCUT2D eigenvalue weighted by Crippen LogP contribution is 2.35. The van der Waals surface area contributed by atoms with Gasteiger partial charge in [-0.1, -0.05) is 0 Å². The molecule has 0 fully saturated rings. The third-order valence-corrected chi connectivity index (χ3v) is 3.67. The van der Waals surface area contributed by atoms with Crippen LogP contribution in [0.3, 0.4) is 0 Å². The summed E-state index contributed by atoms with van der Waals surface area (Å²) in [7, 11) is 0. The second-order valence-electron chi connectivity index (χ2n) is 5.67. The molecule has 2 N–H and O–H groups in total. The minimum atomic E-state index is -0.943. The maximum absolute atomic E-state index is 13.3. The van der Waals surface area contributed by atoms with Gasteiger partial charge in [0.1, 0.15) is 5.82 Å². The van der Waals surface area contributed by atoms with Gasteiger partial charge in [0.05, 0.1) is 0 Å². The van der Waals surface area contributed by atoms with Crippen molar-refractivity contribution < 1.29 is 18.3 Å². The maximum atomic E-state index is 13.3. The average Bonchev–Trinajstić information content (AvgIpc) is 3.05. The van der Waals surface area contributed by atoms with E-state index in [4.69, 9.17) is 9.47 Å². The van der Waals surface area contributed by atoms with Crippen molar-refractivity contribution in [2.45, 2.75) is 6.92 Å². The molecule has 2 aromatic carbocycles. The lowest BCUT2D eigenvalue weighted by atomic mass is 10.2. The Kier molecular flexibility index (Phi) is 4.00. The van der Waals surface area contributed by atoms with Crippen LogP contribution in [0.4, 0.5) is 31.9 Å². The minimum Gasteiger partial charge on any atom is -0.454 e. The standard InChI is InChI=1S/C18H14F2N4O2/c1-10-6-17(22-12-3-5-15-16(8-12)26-9-25-15)24-18(21-10)23-11-2-4-13(19)14(20)7-11/h2-8H,9H2,1H3,(H2,21,22,23,24). The summed E-state index contributed by atoms with van der Waals surface area (Å²) >= 11 is 0. The first kappa shape index (κ1) is 16.1. The Balaban J connectivity index is 1.56. The zero-order chi connectivity index (χ0) is 18.1. The lowest BCUT2D eigenvalue weighted by Gasteiger charge is -2.10. The SMILES string of the molecule is Cc1cc(Nc2ccc3c(c2)OCO3)nc(Nc2ccc(F)c(F)c2)n1. The molecule has 26 heavy (non-hydrogen) atoms. The Bertz CT molecular complexity index is 981. The van der Waals surface area contributed by atoms with Gasteiger partial charge in [-0.05, 0) is 31.2 Å². The predicted octanol–water partition coefficient (Wildman–Crippen LogP) is 4.28. The third-order valence-electron chi connectivity index (χ3n) is 3.67. The molecule has 0 unspecified atom stereocenters. The Morgan fingerprint density at radius 1 is 0.846 bits per heavy atom. The van der Waals surface area contributed by atoms with Crippen LogP contribution < -0.4 is 20.1 Å². The summed E-state index contributed by atoms with van der Waals surface area (Å²) in [5, 5.41) is 6.03. The summed E-state index contributed by atoms with van der Waals surface area (Å²) in [6.07, 6.45) is 0. The summed E-state index contributed by atoms with van der Waals surface area (Å²) < 4.78 is 37.0. The summed E-state index contributed by atoms with van der Waals surface area (Å²) in [5.41, 5.74) is 1.82. The molecule has 0 bridgehead atoms. The van der Waals surface area contributed by atoms with Crippen LogP contribution in [0.1, 0.15) is 5.69 Å². The van der Waals surface area contributed by atoms with Crippen LogP contribution in [0.25, 0.3) is 0 Å². The topological polar surface area (TPSA) is 68.3 Å². The zero-order valence-electron chi connectivity index (χ0n) is 13.7. The van der Waals surface area contributed by atoms with Gasteiger partial charge in [0.15, 0.2) is 23.1 Å². The van der Waals surface area contributed by atoms with Crippen LogP contribution in [0, 0.1) is 18.6 Å². The molecule has 3 aromatic rings. The number of hydrogen-bond donors (Lipinski definition) is 2. The molecule has 132 valence electrons. The Hall–Kier alpha value is -3.42. The number of fused-ring (bicyclic) bond motifs is 1. The summed E-state index contributed by atoms with van der Waals surface area (Å²) in [4.78, 5) is 8.61. The maximum Gasteiger partial charge on any atom is 0.231 e. The molecule has 4 rings (SSSR count). The van der Waals surface area contributed by atoms with Gasteiger partial charge in [-0.15, -0.1) is 0 Å². The quantitative estimate of drug-likeness (QED) is 0.727. The molecule has 0 saturated heterocycles. The van der Waals surface area contributed by atoms with Crippen molar-refractivity contribution in [2.75, 3.05) is 17.4 Å². The predicted molar refractivity (Wildman–Crippen MR) is 92.3 cm³/mol. The van der Waals surface area contributed by atoms with Gasteiger partial charge in [0.25, 0.3) is 0 Å². The van der Waals surface area contributed by atoms with Crippen molar-refractivity contribution in [1.82, 2.24) is 9.97 Å². The van der Waals surface area contributed by atoms with Crippen LogP contribution in [-0.4, -0.2) is 16.8 Å². The summed E-state index contributed by atoms with van der Waals surface area (Å²) in [6, 6.07) is 10.7. The van der Waals surface area contributed by atoms with Crippen LogP contribution in [0.5, 0.6) is 11.5 Å². The van der Waals surface area contributed by atoms with E-state index < -0.39 is 11.6 Å². The Labute approximate surface area is 147 Å². The number of anilines is 4. The van der Waals surface area contributed by atoms with Crippen molar-refractivity contribution >= 4 is 23.1 Å². The summed E-state index contributed by atoms with van der Waals surface area (Å²) in [5.74, 6) is 0.295. The second-order valence-corrected chi connectivity index (χ2v) is 5.67. The molecule has 0 aliphatic carbocycles. The summed E-state index contributed by atoms with van der Waals surface area (Å²) in [6.45, 7) is 2.01. The van der Waals surface area contributed by atoms with Gasteiger partial charge in [-0.3, -0.25) is 0 Å². The number of halogens is 2. The van der Waals surface area contributed by atoms with Gasteiger partial charge in [-0.25, -0.2) is 13.8 Å². The number of nitrogens with one attached hydrogen (secondary N) is 2. The molecule has 1 aliphatic rings. The van der Waals surface area contributed by atoms with E-state index >= 15 is 0 Å². The van der Waals surface area contributed by atoms with Gasteiger partial charge in [0.2, 0.25) is 12.7 Å². The van der Waals surface area contributed by atoms with Crippen molar-refractivity contribution in [1.29, 1.82) is 0 Å². The first-order valence-electron chi connectivity index (χ1n) is 7.81. The fourth-order valence-electron chi connectivity index (χ4n) is 2.51. The highest BCUT2D eigenvalue weighted by Gasteiger charge is 2.14. The van der Waals surface area contributed by atoms with Crippen LogP contribution >= 0.6 is 0 Å². The van der Waals surface area contributed by atoms with E-state index in [0.717, 1.165) is 17.8 Å². The van der Waals surface area contributed by atoms with Crippen LogP contribution in [0.15, 0.2) is 42.5 Å². The first-order chi connectivity index (χ1) is 12.6. The molecule has 2 heterocycles. The Morgan fingerprint density at radius 3 is 2.46 bits per heavy atom. The number of ether oxygens (including phenoxy) is 2. The minimum absolute atomic E-state index is 0.202. The monoisotopic (exact) mass is 356 g/mol. The normalized spacial score (nSPS) is 12.1. The molecule has 1 aromatic heterocycles. The number of hydrogen-bond acceptors (Lipinski definition) is 6. The molecule has 0 spiro atoms.